The maximum absolute atomic E-state index is 14.2. The number of esters is 1. The minimum Gasteiger partial charge on any atom is -0.458 e. The van der Waals surface area contributed by atoms with Crippen LogP contribution in [0.5, 0.6) is 0 Å². The summed E-state index contributed by atoms with van der Waals surface area (Å²) < 4.78 is 31.7. The predicted octanol–water partition coefficient (Wildman–Crippen LogP) is 6.17. The Morgan fingerprint density at radius 2 is 1.70 bits per heavy atom. The standard InChI is InChI=1S/C37H62N2O8/c1-14-16-17-18-28-22(3)21-36(8,43-13)33(46-30-20-27(38(10)11)19-23(4)44-30)25(6)31(40)26(7)34(41)45-29(15-2)37(9)32(24(28)5)39(12)35(42)47-37/h14,18,22-27,29-30,32-33H,1,15-17,19-21H2,2-13H3/b28-18+/t22-,23-,24+,25+,26-,27+,29-,30+,32+,33-,36-,37-/m1/s1. The van der Waals surface area contributed by atoms with Gasteiger partial charge in [-0.2, -0.15) is 0 Å². The SMILES string of the molecule is C=CCC/C=C1\[C@H](C)C[C@@](C)(OC)[C@H](O[C@H]2C[C@@H](N(C)C)C[C@@H](C)O2)[C@@H](C)C(=O)[C@@H](C)C(=O)O[C@H](CC)[C@@]2(C)OC(=O)N(C)[C@H]2[C@H]1C. The topological polar surface area (TPSA) is 104 Å². The number of rotatable bonds is 8. The summed E-state index contributed by atoms with van der Waals surface area (Å²) in [6.45, 7) is 19.4. The van der Waals surface area contributed by atoms with Gasteiger partial charge in [-0.1, -0.05) is 45.4 Å². The van der Waals surface area contributed by atoms with E-state index in [0.717, 1.165) is 24.8 Å². The lowest BCUT2D eigenvalue weighted by atomic mass is 9.71. The smallest absolute Gasteiger partial charge is 0.410 e. The molecule has 0 bridgehead atoms. The van der Waals surface area contributed by atoms with Gasteiger partial charge in [0.25, 0.3) is 0 Å². The third-order valence-corrected chi connectivity index (χ3v) is 11.1. The molecule has 0 aromatic heterocycles. The zero-order chi connectivity index (χ0) is 35.4. The van der Waals surface area contributed by atoms with Crippen LogP contribution in [0.1, 0.15) is 93.9 Å². The number of Topliss-reactive ketones (excluding diaryl/α,β-unsaturated/α-hetero) is 1. The lowest BCUT2D eigenvalue weighted by Crippen LogP contribution is -2.57. The zero-order valence-electron chi connectivity index (χ0n) is 31.0. The number of ether oxygens (including phenoxy) is 5. The molecule has 3 fully saturated rings. The quantitative estimate of drug-likeness (QED) is 0.131. The fraction of sp³-hybridized carbons (Fsp3) is 0.811. The number of fused-ring (bicyclic) bond motifs is 1. The molecule has 3 aliphatic rings. The highest BCUT2D eigenvalue weighted by atomic mass is 16.7. The fourth-order valence-corrected chi connectivity index (χ4v) is 8.38. The summed E-state index contributed by atoms with van der Waals surface area (Å²) in [5, 5.41) is 0. The van der Waals surface area contributed by atoms with Crippen molar-refractivity contribution in [3.8, 4) is 0 Å². The lowest BCUT2D eigenvalue weighted by molar-refractivity contribution is -0.262. The molecule has 0 aromatic carbocycles. The van der Waals surface area contributed by atoms with Crippen molar-refractivity contribution in [2.24, 2.45) is 23.7 Å². The van der Waals surface area contributed by atoms with E-state index < -0.39 is 59.6 Å². The Balaban J connectivity index is 2.18. The molecule has 0 unspecified atom stereocenters. The summed E-state index contributed by atoms with van der Waals surface area (Å²) in [5.41, 5.74) is -0.948. The van der Waals surface area contributed by atoms with Crippen LogP contribution in [0.2, 0.25) is 0 Å². The Labute approximate surface area is 283 Å². The van der Waals surface area contributed by atoms with Crippen LogP contribution in [0, 0.1) is 23.7 Å². The van der Waals surface area contributed by atoms with Crippen LogP contribution in [-0.2, 0) is 33.3 Å². The van der Waals surface area contributed by atoms with Crippen LogP contribution in [-0.4, -0.2) is 104 Å². The fourth-order valence-electron chi connectivity index (χ4n) is 8.38. The Morgan fingerprint density at radius 1 is 1.04 bits per heavy atom. The second-order valence-corrected chi connectivity index (χ2v) is 14.9. The largest absolute Gasteiger partial charge is 0.458 e. The Kier molecular flexibility index (Phi) is 13.3. The Hall–Kier alpha value is -2.27. The van der Waals surface area contributed by atoms with Gasteiger partial charge in [0.15, 0.2) is 17.7 Å². The molecule has 3 saturated heterocycles. The average Bonchev–Trinajstić information content (AvgIpc) is 3.25. The molecular formula is C37H62N2O8. The van der Waals surface area contributed by atoms with Gasteiger partial charge in [0.1, 0.15) is 12.0 Å². The maximum Gasteiger partial charge on any atom is 0.410 e. The van der Waals surface area contributed by atoms with Crippen molar-refractivity contribution in [2.75, 3.05) is 28.3 Å². The summed E-state index contributed by atoms with van der Waals surface area (Å²) >= 11 is 0. The van der Waals surface area contributed by atoms with Gasteiger partial charge in [-0.15, -0.1) is 6.58 Å². The van der Waals surface area contributed by atoms with Crippen molar-refractivity contribution >= 4 is 17.8 Å². The predicted molar refractivity (Wildman–Crippen MR) is 182 cm³/mol. The highest BCUT2D eigenvalue weighted by molar-refractivity contribution is 6.00. The highest BCUT2D eigenvalue weighted by Crippen LogP contribution is 2.45. The number of carbonyl (C=O) groups excluding carboxylic acids is 3. The van der Waals surface area contributed by atoms with Crippen LogP contribution in [0.25, 0.3) is 0 Å². The normalized spacial score (nSPS) is 41.8. The lowest BCUT2D eigenvalue weighted by Gasteiger charge is -2.46. The minimum atomic E-state index is -1.14. The van der Waals surface area contributed by atoms with Crippen LogP contribution in [0.4, 0.5) is 4.79 Å². The molecule has 1 amide bonds. The van der Waals surface area contributed by atoms with E-state index in [4.69, 9.17) is 23.7 Å². The number of carbonyl (C=O) groups is 3. The van der Waals surface area contributed by atoms with E-state index in [9.17, 15) is 14.4 Å². The van der Waals surface area contributed by atoms with Gasteiger partial charge >= 0.3 is 12.1 Å². The van der Waals surface area contributed by atoms with Gasteiger partial charge in [0.05, 0.1) is 23.9 Å². The molecule has 0 saturated carbocycles. The Morgan fingerprint density at radius 3 is 2.28 bits per heavy atom. The molecule has 0 N–H and O–H groups in total. The summed E-state index contributed by atoms with van der Waals surface area (Å²) in [6, 6.07) is -0.178. The molecule has 10 heteroatoms. The van der Waals surface area contributed by atoms with Crippen LogP contribution >= 0.6 is 0 Å². The first kappa shape index (κ1) is 39.2. The number of hydrogen-bond acceptors (Lipinski definition) is 9. The summed E-state index contributed by atoms with van der Waals surface area (Å²) in [7, 11) is 7.50. The van der Waals surface area contributed by atoms with Crippen LogP contribution in [0.15, 0.2) is 24.3 Å². The molecule has 3 heterocycles. The first-order chi connectivity index (χ1) is 21.9. The molecular weight excluding hydrogens is 600 g/mol. The van der Waals surface area contributed by atoms with E-state index in [1.807, 2.05) is 40.7 Å². The van der Waals surface area contributed by atoms with E-state index in [2.05, 4.69) is 45.5 Å². The van der Waals surface area contributed by atoms with Crippen LogP contribution in [0.3, 0.4) is 0 Å². The van der Waals surface area contributed by atoms with Crippen molar-refractivity contribution in [1.29, 1.82) is 0 Å². The molecule has 10 nitrogen and oxygen atoms in total. The molecule has 3 aliphatic heterocycles. The van der Waals surface area contributed by atoms with E-state index >= 15 is 0 Å². The van der Waals surface area contributed by atoms with Gasteiger partial charge in [-0.05, 0) is 79.8 Å². The number of nitrogens with zero attached hydrogens (tertiary/aromatic N) is 2. The zero-order valence-corrected chi connectivity index (χ0v) is 31.0. The van der Waals surface area contributed by atoms with E-state index in [1.165, 1.54) is 0 Å². The second kappa shape index (κ2) is 16.0. The third kappa shape index (κ3) is 8.31. The van der Waals surface area contributed by atoms with Gasteiger partial charge in [-0.25, -0.2) is 4.79 Å². The number of methoxy groups -OCH3 is 1. The first-order valence-corrected chi connectivity index (χ1v) is 17.5. The molecule has 0 spiro atoms. The van der Waals surface area contributed by atoms with E-state index in [1.54, 1.807) is 26.0 Å². The van der Waals surface area contributed by atoms with Crippen molar-refractivity contribution < 1.29 is 38.1 Å². The highest BCUT2D eigenvalue weighted by Gasteiger charge is 2.58. The number of amides is 1. The van der Waals surface area contributed by atoms with Crippen molar-refractivity contribution in [2.45, 2.75) is 142 Å². The summed E-state index contributed by atoms with van der Waals surface area (Å²) in [5.74, 6) is -2.94. The Bertz CT molecular complexity index is 1160. The number of hydrogen-bond donors (Lipinski definition) is 0. The minimum absolute atomic E-state index is 0.0267. The average molecular weight is 663 g/mol. The number of ketones is 1. The van der Waals surface area contributed by atoms with Crippen LogP contribution < -0.4 is 0 Å². The van der Waals surface area contributed by atoms with Gasteiger partial charge in [0.2, 0.25) is 0 Å². The molecule has 268 valence electrons. The molecule has 0 aliphatic carbocycles. The number of likely N-dealkylation sites (N-methyl/N-ethyl adjacent to an activating group) is 1. The van der Waals surface area contributed by atoms with E-state index in [0.29, 0.717) is 19.3 Å². The summed E-state index contributed by atoms with van der Waals surface area (Å²) in [6.07, 6.45) is 5.62. The van der Waals surface area contributed by atoms with E-state index in [-0.39, 0.29) is 29.8 Å². The second-order valence-electron chi connectivity index (χ2n) is 14.9. The van der Waals surface area contributed by atoms with Crippen molar-refractivity contribution in [3.63, 3.8) is 0 Å². The number of allylic oxidation sites excluding steroid dienone is 2. The molecule has 0 radical (unpaired) electrons. The summed E-state index contributed by atoms with van der Waals surface area (Å²) in [4.78, 5) is 44.9. The first-order valence-electron chi connectivity index (χ1n) is 17.5. The van der Waals surface area contributed by atoms with Gasteiger partial charge < -0.3 is 33.5 Å². The van der Waals surface area contributed by atoms with Crippen molar-refractivity contribution in [1.82, 2.24) is 9.80 Å². The van der Waals surface area contributed by atoms with Gasteiger partial charge in [0, 0.05) is 38.5 Å². The maximum atomic E-state index is 14.2. The molecule has 47 heavy (non-hydrogen) atoms. The monoisotopic (exact) mass is 662 g/mol. The van der Waals surface area contributed by atoms with Crippen molar-refractivity contribution in [3.05, 3.63) is 24.3 Å². The molecule has 12 atom stereocenters. The molecule has 3 rings (SSSR count). The third-order valence-electron chi connectivity index (χ3n) is 11.1. The van der Waals surface area contributed by atoms with Gasteiger partial charge in [-0.3, -0.25) is 9.59 Å². The molecule has 0 aromatic rings. The number of cyclic esters (lactones) is 1. The number of unbranched alkanes of at least 4 members (excludes halogenated alkanes) is 1.